The number of carbonyl (C=O) groups is 1. The molecule has 0 aromatic heterocycles. The Labute approximate surface area is 134 Å². The van der Waals surface area contributed by atoms with Crippen molar-refractivity contribution in [1.29, 1.82) is 0 Å². The first-order valence-corrected chi connectivity index (χ1v) is 9.45. The van der Waals surface area contributed by atoms with Crippen molar-refractivity contribution in [3.8, 4) is 0 Å². The lowest BCUT2D eigenvalue weighted by Gasteiger charge is -2.26. The third-order valence-corrected chi connectivity index (χ3v) is 6.36. The molecule has 0 radical (unpaired) electrons. The second kappa shape index (κ2) is 6.48. The van der Waals surface area contributed by atoms with Crippen molar-refractivity contribution in [2.45, 2.75) is 51.0 Å². The zero-order valence-electron chi connectivity index (χ0n) is 13.7. The summed E-state index contributed by atoms with van der Waals surface area (Å²) in [5.74, 6) is 2.32. The smallest absolute Gasteiger partial charge is 0.226 e. The fraction of sp³-hybridized carbons (Fsp3) is 0.944. The van der Waals surface area contributed by atoms with Gasteiger partial charge in [-0.05, 0) is 57.0 Å². The van der Waals surface area contributed by atoms with E-state index in [1.54, 1.807) is 0 Å². The molecule has 4 aliphatic rings. The Balaban J connectivity index is 1.16. The summed E-state index contributed by atoms with van der Waals surface area (Å²) in [5, 5.41) is 0. The largest absolute Gasteiger partial charge is 0.375 e. The third-order valence-electron chi connectivity index (χ3n) is 6.36. The molecule has 22 heavy (non-hydrogen) atoms. The van der Waals surface area contributed by atoms with E-state index in [0.29, 0.717) is 11.8 Å². The van der Waals surface area contributed by atoms with E-state index in [-0.39, 0.29) is 6.10 Å². The molecule has 0 spiro atoms. The van der Waals surface area contributed by atoms with Crippen LogP contribution in [0.3, 0.4) is 0 Å². The first-order valence-electron chi connectivity index (χ1n) is 9.45. The van der Waals surface area contributed by atoms with Gasteiger partial charge in [0, 0.05) is 25.6 Å². The first kappa shape index (κ1) is 14.9. The minimum absolute atomic E-state index is 0.285. The molecule has 2 saturated carbocycles. The van der Waals surface area contributed by atoms with Crippen molar-refractivity contribution >= 4 is 5.91 Å². The van der Waals surface area contributed by atoms with E-state index >= 15 is 0 Å². The van der Waals surface area contributed by atoms with E-state index in [9.17, 15) is 4.79 Å². The zero-order chi connectivity index (χ0) is 14.9. The fourth-order valence-corrected chi connectivity index (χ4v) is 4.99. The summed E-state index contributed by atoms with van der Waals surface area (Å²) in [6, 6.07) is 0. The van der Waals surface area contributed by atoms with Crippen LogP contribution in [-0.4, -0.2) is 61.1 Å². The molecule has 4 rings (SSSR count). The molecule has 1 unspecified atom stereocenters. The van der Waals surface area contributed by atoms with Crippen LogP contribution in [0, 0.1) is 17.8 Å². The Morgan fingerprint density at radius 1 is 0.955 bits per heavy atom. The Bertz CT molecular complexity index is 398. The summed E-state index contributed by atoms with van der Waals surface area (Å²) in [4.78, 5) is 17.2. The number of amides is 1. The molecule has 0 aromatic rings. The lowest BCUT2D eigenvalue weighted by molar-refractivity contribution is -0.132. The molecule has 0 N–H and O–H groups in total. The van der Waals surface area contributed by atoms with Crippen LogP contribution in [0.25, 0.3) is 0 Å². The molecule has 0 aromatic carbocycles. The number of rotatable bonds is 5. The van der Waals surface area contributed by atoms with Gasteiger partial charge in [0.05, 0.1) is 12.7 Å². The topological polar surface area (TPSA) is 32.8 Å². The van der Waals surface area contributed by atoms with Crippen molar-refractivity contribution in [1.82, 2.24) is 9.80 Å². The molecule has 1 amide bonds. The van der Waals surface area contributed by atoms with Gasteiger partial charge in [-0.1, -0.05) is 12.8 Å². The molecule has 2 aliphatic heterocycles. The number of piperidine rings is 1. The summed E-state index contributed by atoms with van der Waals surface area (Å²) < 4.78 is 6.04. The van der Waals surface area contributed by atoms with Gasteiger partial charge in [-0.3, -0.25) is 4.79 Å². The van der Waals surface area contributed by atoms with Crippen LogP contribution < -0.4 is 0 Å². The Morgan fingerprint density at radius 2 is 1.73 bits per heavy atom. The summed E-state index contributed by atoms with van der Waals surface area (Å²) >= 11 is 0. The zero-order valence-corrected chi connectivity index (χ0v) is 13.7. The maximum atomic E-state index is 12.6. The SMILES string of the molecule is O=C(C1[C@H]2CCC[C@@H]12)N1CC[C@@H](OCCN2CCCCC2)C1. The lowest BCUT2D eigenvalue weighted by atomic mass is 10.1. The van der Waals surface area contributed by atoms with Crippen molar-refractivity contribution in [2.24, 2.45) is 17.8 Å². The summed E-state index contributed by atoms with van der Waals surface area (Å²) in [6.45, 7) is 6.14. The molecule has 0 bridgehead atoms. The van der Waals surface area contributed by atoms with Gasteiger partial charge in [0.1, 0.15) is 0 Å². The van der Waals surface area contributed by atoms with Gasteiger partial charge >= 0.3 is 0 Å². The van der Waals surface area contributed by atoms with E-state index in [4.69, 9.17) is 4.74 Å². The van der Waals surface area contributed by atoms with Gasteiger partial charge in [0.2, 0.25) is 5.91 Å². The molecular formula is C18H30N2O2. The monoisotopic (exact) mass is 306 g/mol. The third kappa shape index (κ3) is 3.05. The highest BCUT2D eigenvalue weighted by molar-refractivity contribution is 5.82. The molecule has 4 atom stereocenters. The van der Waals surface area contributed by atoms with Crippen LogP contribution in [0.1, 0.15) is 44.9 Å². The standard InChI is InChI=1S/C18H30N2O2/c21-18(17-15-5-4-6-16(15)17)20-10-7-14(13-20)22-12-11-19-8-2-1-3-9-19/h14-17H,1-13H2/t14-,15-,16+,17?/m1/s1. The Morgan fingerprint density at radius 3 is 2.50 bits per heavy atom. The maximum absolute atomic E-state index is 12.6. The van der Waals surface area contributed by atoms with Crippen LogP contribution in [0.4, 0.5) is 0 Å². The van der Waals surface area contributed by atoms with Gasteiger partial charge in [-0.2, -0.15) is 0 Å². The minimum Gasteiger partial charge on any atom is -0.375 e. The summed E-state index contributed by atoms with van der Waals surface area (Å²) in [6.07, 6.45) is 9.34. The van der Waals surface area contributed by atoms with E-state index in [1.165, 1.54) is 51.6 Å². The van der Waals surface area contributed by atoms with Crippen molar-refractivity contribution < 1.29 is 9.53 Å². The molecule has 124 valence electrons. The van der Waals surface area contributed by atoms with E-state index in [2.05, 4.69) is 9.80 Å². The average molecular weight is 306 g/mol. The van der Waals surface area contributed by atoms with E-state index in [1.807, 2.05) is 0 Å². The van der Waals surface area contributed by atoms with Crippen LogP contribution in [0.5, 0.6) is 0 Å². The summed E-state index contributed by atoms with van der Waals surface area (Å²) in [7, 11) is 0. The van der Waals surface area contributed by atoms with Gasteiger partial charge < -0.3 is 14.5 Å². The van der Waals surface area contributed by atoms with Crippen LogP contribution >= 0.6 is 0 Å². The Hall–Kier alpha value is -0.610. The average Bonchev–Trinajstić information content (AvgIpc) is 2.94. The maximum Gasteiger partial charge on any atom is 0.226 e. The highest BCUT2D eigenvalue weighted by Crippen LogP contribution is 2.58. The van der Waals surface area contributed by atoms with Gasteiger partial charge in [0.25, 0.3) is 0 Å². The predicted molar refractivity (Wildman–Crippen MR) is 85.5 cm³/mol. The molecule has 2 aliphatic carbocycles. The second-order valence-corrected chi connectivity index (χ2v) is 7.75. The van der Waals surface area contributed by atoms with Crippen molar-refractivity contribution in [3.05, 3.63) is 0 Å². The second-order valence-electron chi connectivity index (χ2n) is 7.75. The number of carbonyl (C=O) groups excluding carboxylic acids is 1. The molecule has 4 heteroatoms. The number of hydrogen-bond donors (Lipinski definition) is 0. The number of hydrogen-bond acceptors (Lipinski definition) is 3. The first-order chi connectivity index (χ1) is 10.8. The van der Waals surface area contributed by atoms with Gasteiger partial charge in [-0.25, -0.2) is 0 Å². The predicted octanol–water partition coefficient (Wildman–Crippen LogP) is 2.14. The molecule has 2 saturated heterocycles. The minimum atomic E-state index is 0.285. The number of ether oxygens (including phenoxy) is 1. The molecule has 4 nitrogen and oxygen atoms in total. The lowest BCUT2D eigenvalue weighted by Crippen LogP contribution is -2.35. The molecule has 2 heterocycles. The molecule has 4 fully saturated rings. The van der Waals surface area contributed by atoms with E-state index < -0.39 is 0 Å². The van der Waals surface area contributed by atoms with Crippen LogP contribution in [0.2, 0.25) is 0 Å². The molecular weight excluding hydrogens is 276 g/mol. The van der Waals surface area contributed by atoms with Gasteiger partial charge in [-0.15, -0.1) is 0 Å². The fourth-order valence-electron chi connectivity index (χ4n) is 4.99. The normalized spacial score (nSPS) is 38.3. The number of likely N-dealkylation sites (tertiary alicyclic amines) is 2. The number of nitrogens with zero attached hydrogens (tertiary/aromatic N) is 2. The number of fused-ring (bicyclic) bond motifs is 1. The highest BCUT2D eigenvalue weighted by atomic mass is 16.5. The quantitative estimate of drug-likeness (QED) is 0.780. The Kier molecular flexibility index (Phi) is 4.40. The van der Waals surface area contributed by atoms with Crippen LogP contribution in [-0.2, 0) is 9.53 Å². The van der Waals surface area contributed by atoms with E-state index in [0.717, 1.165) is 44.5 Å². The van der Waals surface area contributed by atoms with Crippen LogP contribution in [0.15, 0.2) is 0 Å². The van der Waals surface area contributed by atoms with Crippen molar-refractivity contribution in [2.75, 3.05) is 39.3 Å². The summed E-state index contributed by atoms with van der Waals surface area (Å²) in [5.41, 5.74) is 0. The highest BCUT2D eigenvalue weighted by Gasteiger charge is 2.57. The van der Waals surface area contributed by atoms with Crippen molar-refractivity contribution in [3.63, 3.8) is 0 Å². The van der Waals surface area contributed by atoms with Gasteiger partial charge in [0.15, 0.2) is 0 Å².